The molecule has 1 aliphatic heterocycles. The minimum Gasteiger partial charge on any atom is -0.134 e. The van der Waals surface area contributed by atoms with Gasteiger partial charge in [0.15, 0.2) is 5.66 Å². The SMILES string of the molecule is CCCCC1(C(C)(C)C)N=NN=N1. The van der Waals surface area contributed by atoms with Crippen LogP contribution in [0.5, 0.6) is 0 Å². The van der Waals surface area contributed by atoms with Gasteiger partial charge >= 0.3 is 0 Å². The third-order valence-electron chi connectivity index (χ3n) is 2.54. The summed E-state index contributed by atoms with van der Waals surface area (Å²) in [7, 11) is 0. The fourth-order valence-corrected chi connectivity index (χ4v) is 1.41. The van der Waals surface area contributed by atoms with Crippen molar-refractivity contribution in [3.8, 4) is 0 Å². The summed E-state index contributed by atoms with van der Waals surface area (Å²) in [5, 5.41) is 15.6. The third kappa shape index (κ3) is 1.92. The summed E-state index contributed by atoms with van der Waals surface area (Å²) in [5.41, 5.74) is -0.394. The zero-order valence-electron chi connectivity index (χ0n) is 8.91. The fraction of sp³-hybridized carbons (Fsp3) is 1.00. The number of unbranched alkanes of at least 4 members (excludes halogenated alkanes) is 1. The summed E-state index contributed by atoms with van der Waals surface area (Å²) in [5.74, 6) is 0. The first-order chi connectivity index (χ1) is 6.02. The Morgan fingerprint density at radius 1 is 1.08 bits per heavy atom. The van der Waals surface area contributed by atoms with Crippen LogP contribution in [-0.4, -0.2) is 5.66 Å². The van der Waals surface area contributed by atoms with E-state index in [1.165, 1.54) is 0 Å². The van der Waals surface area contributed by atoms with E-state index in [4.69, 9.17) is 0 Å². The fourth-order valence-electron chi connectivity index (χ4n) is 1.41. The summed E-state index contributed by atoms with van der Waals surface area (Å²) in [6, 6.07) is 0. The van der Waals surface area contributed by atoms with Gasteiger partial charge in [-0.25, -0.2) is 0 Å². The average Bonchev–Trinajstić information content (AvgIpc) is 2.48. The predicted molar refractivity (Wildman–Crippen MR) is 51.4 cm³/mol. The molecule has 0 aromatic carbocycles. The summed E-state index contributed by atoms with van der Waals surface area (Å²) in [4.78, 5) is 0. The van der Waals surface area contributed by atoms with Crippen LogP contribution in [0, 0.1) is 5.41 Å². The highest BCUT2D eigenvalue weighted by molar-refractivity contribution is 4.95. The van der Waals surface area contributed by atoms with Gasteiger partial charge in [-0.15, -0.1) is 10.2 Å². The molecular weight excluding hydrogens is 164 g/mol. The van der Waals surface area contributed by atoms with Crippen LogP contribution in [0.2, 0.25) is 0 Å². The third-order valence-corrected chi connectivity index (χ3v) is 2.54. The molecule has 0 aromatic rings. The monoisotopic (exact) mass is 182 g/mol. The summed E-state index contributed by atoms with van der Waals surface area (Å²) in [6.07, 6.45) is 3.22. The molecule has 4 heteroatoms. The van der Waals surface area contributed by atoms with E-state index < -0.39 is 5.66 Å². The van der Waals surface area contributed by atoms with Crippen LogP contribution in [-0.2, 0) is 0 Å². The van der Waals surface area contributed by atoms with Gasteiger partial charge in [0.05, 0.1) is 0 Å². The molecule has 0 amide bonds. The molecular formula is C9H18N4. The Hall–Kier alpha value is -0.800. The molecule has 1 heterocycles. The molecule has 0 fully saturated rings. The smallest absolute Gasteiger partial charge is 0.134 e. The molecule has 74 valence electrons. The zero-order chi connectivity index (χ0) is 9.95. The van der Waals surface area contributed by atoms with Crippen LogP contribution in [0.15, 0.2) is 20.7 Å². The molecule has 4 nitrogen and oxygen atoms in total. The largest absolute Gasteiger partial charge is 0.200 e. The Kier molecular flexibility index (Phi) is 2.78. The normalized spacial score (nSPS) is 19.7. The van der Waals surface area contributed by atoms with E-state index in [0.29, 0.717) is 0 Å². The minimum absolute atomic E-state index is 0.00562. The van der Waals surface area contributed by atoms with Crippen molar-refractivity contribution in [2.75, 3.05) is 0 Å². The lowest BCUT2D eigenvalue weighted by Gasteiger charge is -2.33. The van der Waals surface area contributed by atoms with Gasteiger partial charge < -0.3 is 0 Å². The second-order valence-electron chi connectivity index (χ2n) is 4.55. The molecule has 0 bridgehead atoms. The molecule has 0 saturated carbocycles. The van der Waals surface area contributed by atoms with Crippen molar-refractivity contribution in [1.82, 2.24) is 0 Å². The molecule has 0 N–H and O–H groups in total. The minimum atomic E-state index is -0.400. The second-order valence-corrected chi connectivity index (χ2v) is 4.55. The Labute approximate surface area is 79.5 Å². The summed E-state index contributed by atoms with van der Waals surface area (Å²) >= 11 is 0. The van der Waals surface area contributed by atoms with E-state index in [1.807, 2.05) is 0 Å². The Morgan fingerprint density at radius 3 is 2.00 bits per heavy atom. The highest BCUT2D eigenvalue weighted by atomic mass is 15.6. The van der Waals surface area contributed by atoms with E-state index in [-0.39, 0.29) is 5.41 Å². The van der Waals surface area contributed by atoms with Crippen LogP contribution in [0.3, 0.4) is 0 Å². The van der Waals surface area contributed by atoms with Crippen molar-refractivity contribution in [2.45, 2.75) is 52.6 Å². The van der Waals surface area contributed by atoms with Crippen molar-refractivity contribution in [1.29, 1.82) is 0 Å². The molecule has 0 aliphatic carbocycles. The van der Waals surface area contributed by atoms with Crippen LogP contribution in [0.4, 0.5) is 0 Å². The standard InChI is InChI=1S/C9H18N4/c1-5-6-7-9(8(2,3)4)10-12-13-11-9/h5-7H2,1-4H3. The average molecular weight is 182 g/mol. The van der Waals surface area contributed by atoms with E-state index in [2.05, 4.69) is 48.4 Å². The van der Waals surface area contributed by atoms with Gasteiger partial charge in [-0.1, -0.05) is 34.1 Å². The number of nitrogens with zero attached hydrogens (tertiary/aromatic N) is 4. The van der Waals surface area contributed by atoms with Crippen molar-refractivity contribution in [2.24, 2.45) is 26.1 Å². The highest BCUT2D eigenvalue weighted by Gasteiger charge is 2.44. The van der Waals surface area contributed by atoms with Gasteiger partial charge in [-0.3, -0.25) is 0 Å². The van der Waals surface area contributed by atoms with Crippen LogP contribution >= 0.6 is 0 Å². The van der Waals surface area contributed by atoms with E-state index in [9.17, 15) is 0 Å². The van der Waals surface area contributed by atoms with Gasteiger partial charge in [0.1, 0.15) is 0 Å². The van der Waals surface area contributed by atoms with Crippen molar-refractivity contribution in [3.05, 3.63) is 0 Å². The first-order valence-corrected chi connectivity index (χ1v) is 4.86. The molecule has 13 heavy (non-hydrogen) atoms. The molecule has 0 saturated heterocycles. The van der Waals surface area contributed by atoms with Crippen LogP contribution in [0.25, 0.3) is 0 Å². The molecule has 0 atom stereocenters. The molecule has 0 aromatic heterocycles. The van der Waals surface area contributed by atoms with Gasteiger partial charge in [-0.05, 0) is 23.3 Å². The maximum absolute atomic E-state index is 4.17. The van der Waals surface area contributed by atoms with Gasteiger partial charge in [0.2, 0.25) is 0 Å². The zero-order valence-corrected chi connectivity index (χ0v) is 8.91. The van der Waals surface area contributed by atoms with Crippen LogP contribution in [0.1, 0.15) is 47.0 Å². The van der Waals surface area contributed by atoms with E-state index >= 15 is 0 Å². The quantitative estimate of drug-likeness (QED) is 0.638. The van der Waals surface area contributed by atoms with Gasteiger partial charge in [0.25, 0.3) is 0 Å². The first-order valence-electron chi connectivity index (χ1n) is 4.86. The lowest BCUT2D eigenvalue weighted by atomic mass is 9.78. The molecule has 0 radical (unpaired) electrons. The molecule has 1 rings (SSSR count). The lowest BCUT2D eigenvalue weighted by Crippen LogP contribution is -2.37. The van der Waals surface area contributed by atoms with Gasteiger partial charge in [-0.2, -0.15) is 0 Å². The van der Waals surface area contributed by atoms with Crippen molar-refractivity contribution in [3.63, 3.8) is 0 Å². The number of rotatable bonds is 3. The Morgan fingerprint density at radius 2 is 1.62 bits per heavy atom. The molecule has 0 unspecified atom stereocenters. The predicted octanol–water partition coefficient (Wildman–Crippen LogP) is 3.75. The Bertz CT molecular complexity index is 212. The molecule has 1 aliphatic rings. The van der Waals surface area contributed by atoms with E-state index in [0.717, 1.165) is 19.3 Å². The maximum Gasteiger partial charge on any atom is 0.200 e. The van der Waals surface area contributed by atoms with Crippen molar-refractivity contribution < 1.29 is 0 Å². The summed E-state index contributed by atoms with van der Waals surface area (Å²) < 4.78 is 0. The molecule has 0 spiro atoms. The van der Waals surface area contributed by atoms with E-state index in [1.54, 1.807) is 0 Å². The highest BCUT2D eigenvalue weighted by Crippen LogP contribution is 2.42. The second kappa shape index (κ2) is 3.52. The van der Waals surface area contributed by atoms with Crippen LogP contribution < -0.4 is 0 Å². The van der Waals surface area contributed by atoms with Gasteiger partial charge in [0, 0.05) is 5.41 Å². The number of hydrogen-bond acceptors (Lipinski definition) is 4. The lowest BCUT2D eigenvalue weighted by molar-refractivity contribution is 0.179. The summed E-state index contributed by atoms with van der Waals surface area (Å²) in [6.45, 7) is 8.56. The first kappa shape index (κ1) is 10.3. The number of hydrogen-bond donors (Lipinski definition) is 0. The maximum atomic E-state index is 4.17. The topological polar surface area (TPSA) is 49.4 Å². The van der Waals surface area contributed by atoms with Crippen molar-refractivity contribution >= 4 is 0 Å². The Balaban J connectivity index is 2.77.